The van der Waals surface area contributed by atoms with Crippen LogP contribution >= 0.6 is 34.8 Å². The number of hydrogen-bond acceptors (Lipinski definition) is 2. The summed E-state index contributed by atoms with van der Waals surface area (Å²) in [5.74, 6) is 0. The van der Waals surface area contributed by atoms with Gasteiger partial charge in [-0.05, 0) is 50.1 Å². The number of urea groups is 1. The average molecular weight is 430 g/mol. The van der Waals surface area contributed by atoms with Gasteiger partial charge in [-0.2, -0.15) is 0 Å². The van der Waals surface area contributed by atoms with Gasteiger partial charge in [0.15, 0.2) is 0 Å². The lowest BCUT2D eigenvalue weighted by Gasteiger charge is -2.24. The fourth-order valence-electron chi connectivity index (χ4n) is 2.47. The number of carbonyl (C=O) groups is 1. The zero-order valence-electron chi connectivity index (χ0n) is 15.3. The van der Waals surface area contributed by atoms with Crippen molar-refractivity contribution < 1.29 is 9.53 Å². The van der Waals surface area contributed by atoms with Gasteiger partial charge in [-0.1, -0.05) is 53.0 Å². The third-order valence-corrected chi connectivity index (χ3v) is 4.87. The predicted molar refractivity (Wildman–Crippen MR) is 113 cm³/mol. The van der Waals surface area contributed by atoms with Crippen molar-refractivity contribution in [1.82, 2.24) is 4.90 Å². The monoisotopic (exact) mass is 428 g/mol. The molecule has 0 aliphatic heterocycles. The molecule has 0 unspecified atom stereocenters. The highest BCUT2D eigenvalue weighted by atomic mass is 35.5. The van der Waals surface area contributed by atoms with Crippen molar-refractivity contribution in [2.75, 3.05) is 18.5 Å². The number of nitrogens with one attached hydrogen (secondary N) is 1. The molecule has 2 aromatic carbocycles. The molecule has 1 N–H and O–H groups in total. The second-order valence-electron chi connectivity index (χ2n) is 6.35. The van der Waals surface area contributed by atoms with Gasteiger partial charge in [0.1, 0.15) is 0 Å². The van der Waals surface area contributed by atoms with Crippen LogP contribution in [0.4, 0.5) is 10.5 Å². The van der Waals surface area contributed by atoms with Crippen molar-refractivity contribution in [3.8, 4) is 0 Å². The van der Waals surface area contributed by atoms with E-state index in [4.69, 9.17) is 39.5 Å². The van der Waals surface area contributed by atoms with E-state index < -0.39 is 0 Å². The van der Waals surface area contributed by atoms with Gasteiger partial charge < -0.3 is 15.0 Å². The first-order valence-electron chi connectivity index (χ1n) is 8.73. The summed E-state index contributed by atoms with van der Waals surface area (Å²) < 4.78 is 5.58. The summed E-state index contributed by atoms with van der Waals surface area (Å²) in [5.41, 5.74) is 1.42. The molecule has 2 aromatic rings. The molecule has 0 saturated carbocycles. The fourth-order valence-corrected chi connectivity index (χ4v) is 3.04. The number of ether oxygens (including phenoxy) is 1. The third-order valence-electron chi connectivity index (χ3n) is 3.78. The number of benzene rings is 2. The first kappa shape index (κ1) is 21.8. The van der Waals surface area contributed by atoms with E-state index in [9.17, 15) is 4.79 Å². The Bertz CT molecular complexity index is 769. The van der Waals surface area contributed by atoms with Crippen LogP contribution in [0.3, 0.4) is 0 Å². The lowest BCUT2D eigenvalue weighted by molar-refractivity contribution is 0.0725. The second kappa shape index (κ2) is 10.8. The van der Waals surface area contributed by atoms with E-state index in [-0.39, 0.29) is 12.1 Å². The minimum absolute atomic E-state index is 0.154. The number of nitrogens with zero attached hydrogens (tertiary/aromatic N) is 1. The molecule has 0 spiro atoms. The van der Waals surface area contributed by atoms with Crippen molar-refractivity contribution >= 4 is 46.5 Å². The maximum atomic E-state index is 12.8. The average Bonchev–Trinajstić information content (AvgIpc) is 2.61. The topological polar surface area (TPSA) is 41.6 Å². The van der Waals surface area contributed by atoms with Crippen molar-refractivity contribution in [2.24, 2.45) is 0 Å². The summed E-state index contributed by atoms with van der Waals surface area (Å²) in [6, 6.07) is 12.2. The molecule has 0 heterocycles. The van der Waals surface area contributed by atoms with Crippen LogP contribution in [0.5, 0.6) is 0 Å². The van der Waals surface area contributed by atoms with Gasteiger partial charge >= 0.3 is 6.03 Å². The van der Waals surface area contributed by atoms with Crippen LogP contribution < -0.4 is 5.32 Å². The highest BCUT2D eigenvalue weighted by Gasteiger charge is 2.16. The summed E-state index contributed by atoms with van der Waals surface area (Å²) in [5, 5.41) is 4.35. The van der Waals surface area contributed by atoms with Crippen LogP contribution in [-0.2, 0) is 11.3 Å². The normalized spacial score (nSPS) is 10.9. The maximum absolute atomic E-state index is 12.8. The van der Waals surface area contributed by atoms with E-state index in [1.54, 1.807) is 35.2 Å². The van der Waals surface area contributed by atoms with E-state index in [1.807, 2.05) is 26.0 Å². The largest absolute Gasteiger partial charge is 0.379 e. The molecule has 2 amide bonds. The molecule has 0 bridgehead atoms. The van der Waals surface area contributed by atoms with E-state index in [0.29, 0.717) is 46.9 Å². The molecular formula is C20H23Cl3N2O2. The standard InChI is InChI=1S/C20H23Cl3N2O2/c1-14(2)27-11-5-10-25(13-15-6-3-9-18(22)19(15)23)20(26)24-17-8-4-7-16(21)12-17/h3-4,6-9,12,14H,5,10-11,13H2,1-2H3,(H,24,26). The van der Waals surface area contributed by atoms with Gasteiger partial charge in [-0.3, -0.25) is 0 Å². The lowest BCUT2D eigenvalue weighted by Crippen LogP contribution is -2.36. The van der Waals surface area contributed by atoms with Gasteiger partial charge in [-0.15, -0.1) is 0 Å². The molecule has 0 radical (unpaired) electrons. The van der Waals surface area contributed by atoms with E-state index in [0.717, 1.165) is 5.56 Å². The molecule has 7 heteroatoms. The van der Waals surface area contributed by atoms with Gasteiger partial charge in [0, 0.05) is 30.4 Å². The highest BCUT2D eigenvalue weighted by Crippen LogP contribution is 2.27. The first-order valence-corrected chi connectivity index (χ1v) is 9.86. The van der Waals surface area contributed by atoms with E-state index >= 15 is 0 Å². The number of anilines is 1. The van der Waals surface area contributed by atoms with Crippen LogP contribution in [0, 0.1) is 0 Å². The van der Waals surface area contributed by atoms with Gasteiger partial charge in [0.05, 0.1) is 16.1 Å². The molecule has 0 saturated heterocycles. The third kappa shape index (κ3) is 7.23. The molecule has 0 aromatic heterocycles. The van der Waals surface area contributed by atoms with Crippen molar-refractivity contribution in [2.45, 2.75) is 32.9 Å². The summed E-state index contributed by atoms with van der Waals surface area (Å²) >= 11 is 18.4. The molecule has 4 nitrogen and oxygen atoms in total. The van der Waals surface area contributed by atoms with Crippen LogP contribution in [0.15, 0.2) is 42.5 Å². The molecule has 2 rings (SSSR count). The highest BCUT2D eigenvalue weighted by molar-refractivity contribution is 6.42. The molecular weight excluding hydrogens is 407 g/mol. The minimum Gasteiger partial charge on any atom is -0.379 e. The Balaban J connectivity index is 2.10. The maximum Gasteiger partial charge on any atom is 0.322 e. The number of carbonyl (C=O) groups excluding carboxylic acids is 1. The second-order valence-corrected chi connectivity index (χ2v) is 7.57. The zero-order valence-corrected chi connectivity index (χ0v) is 17.6. The SMILES string of the molecule is CC(C)OCCCN(Cc1cccc(Cl)c1Cl)C(=O)Nc1cccc(Cl)c1. The van der Waals surface area contributed by atoms with Gasteiger partial charge in [-0.25, -0.2) is 4.79 Å². The molecule has 0 aliphatic carbocycles. The number of amides is 2. The summed E-state index contributed by atoms with van der Waals surface area (Å²) in [4.78, 5) is 14.5. The van der Waals surface area contributed by atoms with E-state index in [1.165, 1.54) is 0 Å². The van der Waals surface area contributed by atoms with Crippen molar-refractivity contribution in [3.63, 3.8) is 0 Å². The number of halogens is 3. The van der Waals surface area contributed by atoms with Crippen LogP contribution in [-0.4, -0.2) is 30.2 Å². The zero-order chi connectivity index (χ0) is 19.8. The van der Waals surface area contributed by atoms with Crippen LogP contribution in [0.25, 0.3) is 0 Å². The Kier molecular flexibility index (Phi) is 8.71. The van der Waals surface area contributed by atoms with Crippen LogP contribution in [0.2, 0.25) is 15.1 Å². The molecule has 146 valence electrons. The quantitative estimate of drug-likeness (QED) is 0.487. The van der Waals surface area contributed by atoms with Crippen molar-refractivity contribution in [1.29, 1.82) is 0 Å². The minimum atomic E-state index is -0.238. The molecule has 0 fully saturated rings. The predicted octanol–water partition coefficient (Wildman–Crippen LogP) is 6.50. The summed E-state index contributed by atoms with van der Waals surface area (Å²) in [6.07, 6.45) is 0.861. The Labute approximate surface area is 175 Å². The lowest BCUT2D eigenvalue weighted by atomic mass is 10.2. The Morgan fingerprint density at radius 1 is 1.15 bits per heavy atom. The van der Waals surface area contributed by atoms with Crippen molar-refractivity contribution in [3.05, 3.63) is 63.1 Å². The van der Waals surface area contributed by atoms with Gasteiger partial charge in [0.2, 0.25) is 0 Å². The molecule has 0 aliphatic rings. The Morgan fingerprint density at radius 2 is 1.89 bits per heavy atom. The number of hydrogen-bond donors (Lipinski definition) is 1. The first-order chi connectivity index (χ1) is 12.9. The van der Waals surface area contributed by atoms with Gasteiger partial charge in [0.25, 0.3) is 0 Å². The summed E-state index contributed by atoms with van der Waals surface area (Å²) in [6.45, 7) is 5.39. The fraction of sp³-hybridized carbons (Fsp3) is 0.350. The smallest absolute Gasteiger partial charge is 0.322 e. The molecule has 0 atom stereocenters. The number of rotatable bonds is 8. The molecule has 27 heavy (non-hydrogen) atoms. The Morgan fingerprint density at radius 3 is 2.59 bits per heavy atom. The van der Waals surface area contributed by atoms with Crippen LogP contribution in [0.1, 0.15) is 25.8 Å². The summed E-state index contributed by atoms with van der Waals surface area (Å²) in [7, 11) is 0. The van der Waals surface area contributed by atoms with E-state index in [2.05, 4.69) is 5.32 Å². The Hall–Kier alpha value is -1.46.